The van der Waals surface area contributed by atoms with Gasteiger partial charge in [0.15, 0.2) is 0 Å². The molecule has 130 heavy (non-hydrogen) atoms. The predicted molar refractivity (Wildman–Crippen MR) is 520 cm³/mol. The normalized spacial score (nSPS) is 11.8. The quantitative estimate of drug-likeness (QED) is 0.00651. The van der Waals surface area contributed by atoms with Gasteiger partial charge in [0, 0.05) is 84.1 Å². The Morgan fingerprint density at radius 3 is 0.846 bits per heavy atom. The van der Waals surface area contributed by atoms with Gasteiger partial charge in [-0.05, 0) is 147 Å². The van der Waals surface area contributed by atoms with E-state index in [1.54, 1.807) is 38.1 Å². The molecule has 6 aromatic rings. The number of azo groups is 4. The van der Waals surface area contributed by atoms with Crippen LogP contribution in [0.3, 0.4) is 0 Å². The van der Waals surface area contributed by atoms with E-state index in [4.69, 9.17) is 37.9 Å². The van der Waals surface area contributed by atoms with Crippen LogP contribution in [-0.4, -0.2) is 115 Å². The number of carbonyl (C=O) groups is 4. The van der Waals surface area contributed by atoms with Crippen molar-refractivity contribution in [2.75, 3.05) is 90.8 Å². The maximum atomic E-state index is 13.4. The Kier molecular flexibility index (Phi) is 55.7. The number of anilines is 2. The molecule has 6 rings (SSSR count). The number of hydrogen-bond acceptors (Lipinski definition) is 26. The van der Waals surface area contributed by atoms with Gasteiger partial charge < -0.3 is 47.7 Å². The van der Waals surface area contributed by atoms with Crippen molar-refractivity contribution in [1.82, 2.24) is 0 Å². The number of unbranched alkanes of at least 4 members (excludes halogenated alkanes) is 30. The van der Waals surface area contributed by atoms with Crippen LogP contribution in [0.25, 0.3) is 0 Å². The summed E-state index contributed by atoms with van der Waals surface area (Å²) in [6.45, 7) is 30.5. The van der Waals surface area contributed by atoms with E-state index in [0.29, 0.717) is 125 Å². The summed E-state index contributed by atoms with van der Waals surface area (Å²) in [5.74, 6) is 0.323. The molecular formula is C102H150N12O16. The number of nitrogens with zero attached hydrogens (tertiary/aromatic N) is 12. The van der Waals surface area contributed by atoms with Crippen molar-refractivity contribution >= 4 is 92.1 Å². The molecule has 6 aromatic carbocycles. The van der Waals surface area contributed by atoms with Gasteiger partial charge >= 0.3 is 23.9 Å². The summed E-state index contributed by atoms with van der Waals surface area (Å²) < 4.78 is 43.9. The van der Waals surface area contributed by atoms with E-state index in [0.717, 1.165) is 37.2 Å². The molecule has 0 saturated heterocycles. The average molecular weight is 1800 g/mol. The third-order valence-corrected chi connectivity index (χ3v) is 22.4. The minimum atomic E-state index is -0.881. The number of carbonyl (C=O) groups excluding carboxylic acids is 4. The highest BCUT2D eigenvalue weighted by Gasteiger charge is 2.43. The maximum Gasteiger partial charge on any atom is 0.333 e. The Balaban J connectivity index is 0.000000464. The third-order valence-electron chi connectivity index (χ3n) is 22.4. The zero-order chi connectivity index (χ0) is 95.2. The smallest absolute Gasteiger partial charge is 0.333 e. The van der Waals surface area contributed by atoms with Gasteiger partial charge in [-0.1, -0.05) is 227 Å². The van der Waals surface area contributed by atoms with E-state index in [1.165, 1.54) is 263 Å². The summed E-state index contributed by atoms with van der Waals surface area (Å²) in [4.78, 5) is 74.5. The molecule has 0 fully saturated rings. The molecule has 0 saturated carbocycles. The second kappa shape index (κ2) is 65.3. The van der Waals surface area contributed by atoms with Gasteiger partial charge in [-0.3, -0.25) is 29.8 Å². The van der Waals surface area contributed by atoms with Crippen molar-refractivity contribution in [1.29, 1.82) is 0 Å². The molecule has 0 aromatic heterocycles. The van der Waals surface area contributed by atoms with Crippen LogP contribution in [-0.2, 0) is 38.1 Å². The van der Waals surface area contributed by atoms with E-state index < -0.39 is 26.6 Å². The number of non-ortho nitro benzene ring substituents is 2. The number of esters is 4. The second-order valence-electron chi connectivity index (χ2n) is 33.6. The molecular weight excluding hydrogens is 1650 g/mol. The number of ether oxygens (including phenoxy) is 8. The summed E-state index contributed by atoms with van der Waals surface area (Å²) in [7, 11) is 5.99. The van der Waals surface area contributed by atoms with Crippen LogP contribution in [0.4, 0.5) is 68.2 Å². The van der Waals surface area contributed by atoms with Crippen LogP contribution >= 0.6 is 0 Å². The van der Waals surface area contributed by atoms with Gasteiger partial charge in [-0.2, -0.15) is 20.5 Å². The fourth-order valence-corrected chi connectivity index (χ4v) is 14.3. The number of nitro benzene ring substituents is 2. The van der Waals surface area contributed by atoms with Crippen molar-refractivity contribution in [2.24, 2.45) is 51.7 Å². The van der Waals surface area contributed by atoms with Crippen molar-refractivity contribution in [3.8, 4) is 23.0 Å². The molecule has 1 atom stereocenters. The highest BCUT2D eigenvalue weighted by molar-refractivity contribution is 5.87. The van der Waals surface area contributed by atoms with Crippen LogP contribution in [0.2, 0.25) is 0 Å². The topological polar surface area (TPSA) is 334 Å². The standard InChI is InChI=1S/C52H78N6O8.C28H30N6O6.C22H42O2/c1-9-12-13-14-15-16-17-18-19-20-21-22-23-24-25-26-36-65-50(60)52(6,10-2)40-51(4,5)49(59)66-37-35-57(11-3)43-31-27-41(28-32-43)53-55-45-38-48(64-8)46(39-47(45)63-7)56-54-42-29-33-44(34-30-42)58(61)62;1-6-33(15-16-40-28(35)19(2)3)22-11-7-20(8-12-22)29-31-24-17-27(39-5)25(18-26(24)38-4)32-30-21-9-13-23(14-10-21)34(36)37;1-4-5-6-7-8-9-10-11-12-13-14-15-16-17-18-19-20-24-22(23)21(2)3/h27-34,38-39H,9-26,35-37,40H2,1-8H3;7-14,17-18H,2,6,15-16H2,1,3-5H3;2,4-20H2,1,3H3. The Labute approximate surface area is 774 Å². The largest absolute Gasteiger partial charge is 0.494 e. The van der Waals surface area contributed by atoms with E-state index in [9.17, 15) is 39.4 Å². The molecule has 28 nitrogen and oxygen atoms in total. The first-order valence-corrected chi connectivity index (χ1v) is 47.1. The predicted octanol–water partition coefficient (Wildman–Crippen LogP) is 30.2. The van der Waals surface area contributed by atoms with Crippen molar-refractivity contribution in [3.05, 3.63) is 166 Å². The lowest BCUT2D eigenvalue weighted by Crippen LogP contribution is -2.39. The molecule has 0 bridgehead atoms. The summed E-state index contributed by atoms with van der Waals surface area (Å²) >= 11 is 0. The van der Waals surface area contributed by atoms with Gasteiger partial charge in [0.1, 0.15) is 59.0 Å². The van der Waals surface area contributed by atoms with Crippen LogP contribution in [0, 0.1) is 31.1 Å². The molecule has 0 heterocycles. The number of rotatable bonds is 65. The highest BCUT2D eigenvalue weighted by atomic mass is 16.6. The zero-order valence-electron chi connectivity index (χ0n) is 80.6. The molecule has 0 radical (unpaired) electrons. The molecule has 0 spiro atoms. The van der Waals surface area contributed by atoms with Crippen LogP contribution in [0.5, 0.6) is 23.0 Å². The molecule has 0 N–H and O–H groups in total. The van der Waals surface area contributed by atoms with Crippen LogP contribution in [0.1, 0.15) is 288 Å². The minimum absolute atomic E-state index is 0.0353. The van der Waals surface area contributed by atoms with E-state index in [1.807, 2.05) is 90.1 Å². The van der Waals surface area contributed by atoms with Crippen LogP contribution in [0.15, 0.2) is 187 Å². The van der Waals surface area contributed by atoms with Gasteiger partial charge in [0.2, 0.25) is 0 Å². The third kappa shape index (κ3) is 44.3. The van der Waals surface area contributed by atoms with Gasteiger partial charge in [-0.25, -0.2) is 9.59 Å². The number of methoxy groups -OCH3 is 4. The number of nitro groups is 2. The fourth-order valence-electron chi connectivity index (χ4n) is 14.3. The molecule has 28 heteroatoms. The lowest BCUT2D eigenvalue weighted by Gasteiger charge is -2.34. The zero-order valence-corrected chi connectivity index (χ0v) is 80.6. The van der Waals surface area contributed by atoms with Crippen molar-refractivity contribution in [3.63, 3.8) is 0 Å². The maximum absolute atomic E-state index is 13.4. The number of benzene rings is 6. The monoisotopic (exact) mass is 1800 g/mol. The van der Waals surface area contributed by atoms with E-state index in [-0.39, 0.29) is 42.5 Å². The Morgan fingerprint density at radius 2 is 0.592 bits per heavy atom. The second-order valence-corrected chi connectivity index (χ2v) is 33.6. The lowest BCUT2D eigenvalue weighted by molar-refractivity contribution is -0.385. The fraction of sp³-hybridized carbons (Fsp3) is 0.569. The molecule has 1 unspecified atom stereocenters. The number of hydrogen-bond donors (Lipinski definition) is 0. The van der Waals surface area contributed by atoms with Crippen molar-refractivity contribution in [2.45, 2.75) is 288 Å². The van der Waals surface area contributed by atoms with Crippen LogP contribution < -0.4 is 28.7 Å². The number of likely N-dealkylation sites (N-methyl/N-ethyl adjacent to an activating group) is 2. The Bertz CT molecular complexity index is 4420. The minimum Gasteiger partial charge on any atom is -0.494 e. The summed E-state index contributed by atoms with van der Waals surface area (Å²) in [5.41, 5.74) is 4.68. The van der Waals surface area contributed by atoms with Crippen molar-refractivity contribution < 1.29 is 66.9 Å². The van der Waals surface area contributed by atoms with E-state index in [2.05, 4.69) is 77.7 Å². The lowest BCUT2D eigenvalue weighted by atomic mass is 9.72. The summed E-state index contributed by atoms with van der Waals surface area (Å²) in [5, 5.41) is 56.0. The first kappa shape index (κ1) is 111. The Morgan fingerprint density at radius 1 is 0.346 bits per heavy atom. The molecule has 0 aliphatic rings. The molecule has 0 aliphatic heterocycles. The first-order chi connectivity index (χ1) is 62.7. The highest BCUT2D eigenvalue weighted by Crippen LogP contribution is 2.44. The summed E-state index contributed by atoms with van der Waals surface area (Å²) in [6.07, 6.45) is 43.4. The first-order valence-electron chi connectivity index (χ1n) is 47.1. The van der Waals surface area contributed by atoms with Gasteiger partial charge in [-0.15, -0.1) is 20.5 Å². The van der Waals surface area contributed by atoms with Gasteiger partial charge in [0.25, 0.3) is 11.4 Å². The average Bonchev–Trinajstić information content (AvgIpc) is 0.826. The molecule has 0 aliphatic carbocycles. The molecule has 0 amide bonds. The SMILES string of the molecule is C=C(C)C(=O)OCCCCCCCCCCCCCCCCCC.C=C(C)C(=O)OCCN(CC)c1ccc(N=Nc2cc(OC)c(N=Nc3ccc([N+](=O)[O-])cc3)cc2OC)cc1.CCCCCCCCCCCCCCCCCCOC(=O)C(C)(CC)CC(C)(C)C(=O)OCCN(CC)c1ccc(N=Nc2cc(OC)c(N=Nc3ccc([N+](=O)[O-])cc3)cc2OC)cc1. The summed E-state index contributed by atoms with van der Waals surface area (Å²) in [6, 6.07) is 33.0. The van der Waals surface area contributed by atoms with Gasteiger partial charge in [0.05, 0.1) is 98.2 Å². The Hall–Kier alpha value is -11.3. The molecule has 714 valence electrons. The van der Waals surface area contributed by atoms with E-state index >= 15 is 0 Å².